The summed E-state index contributed by atoms with van der Waals surface area (Å²) in [5.41, 5.74) is 0. The summed E-state index contributed by atoms with van der Waals surface area (Å²) < 4.78 is 4.64. The van der Waals surface area contributed by atoms with Crippen molar-refractivity contribution in [1.82, 2.24) is 0 Å². The number of esters is 1. The number of Topliss-reactive ketones (excluding diaryl/α,β-unsaturated/α-hetero) is 2. The maximum atomic E-state index is 11.1. The van der Waals surface area contributed by atoms with Gasteiger partial charge in [0.1, 0.15) is 0 Å². The Morgan fingerprint density at radius 1 is 1.58 bits per heavy atom. The Morgan fingerprint density at radius 3 is 2.67 bits per heavy atom. The van der Waals surface area contributed by atoms with Crippen molar-refractivity contribution < 1.29 is 19.1 Å². The van der Waals surface area contributed by atoms with Crippen LogP contribution in [-0.4, -0.2) is 23.6 Å². The minimum absolute atomic E-state index is 0.173. The molecule has 1 rings (SSSR count). The molecule has 1 atom stereocenters. The lowest BCUT2D eigenvalue weighted by atomic mass is 10.1. The van der Waals surface area contributed by atoms with Crippen molar-refractivity contribution in [2.24, 2.45) is 0 Å². The second-order valence-corrected chi connectivity index (χ2v) is 2.66. The fourth-order valence-corrected chi connectivity index (χ4v) is 1.06. The molecule has 0 saturated carbocycles. The highest BCUT2D eigenvalue weighted by atomic mass is 16.6. The van der Waals surface area contributed by atoms with E-state index in [1.165, 1.54) is 0 Å². The zero-order valence-electron chi connectivity index (χ0n) is 6.83. The Morgan fingerprint density at radius 2 is 2.25 bits per heavy atom. The number of rotatable bonds is 3. The van der Waals surface area contributed by atoms with Gasteiger partial charge in [-0.2, -0.15) is 0 Å². The van der Waals surface area contributed by atoms with Crippen molar-refractivity contribution in [3.63, 3.8) is 0 Å². The third-order valence-corrected chi connectivity index (χ3v) is 1.77. The normalized spacial score (nSPS) is 22.1. The fourth-order valence-electron chi connectivity index (χ4n) is 1.06. The minimum atomic E-state index is -0.801. The fraction of sp³-hybridized carbons (Fsp3) is 0.625. The van der Waals surface area contributed by atoms with Crippen molar-refractivity contribution >= 4 is 17.5 Å². The van der Waals surface area contributed by atoms with Crippen LogP contribution in [-0.2, 0) is 19.1 Å². The Kier molecular flexibility index (Phi) is 2.58. The first-order valence-corrected chi connectivity index (χ1v) is 3.91. The summed E-state index contributed by atoms with van der Waals surface area (Å²) in [6.07, 6.45) is -0.0334. The van der Waals surface area contributed by atoms with E-state index in [4.69, 9.17) is 0 Å². The van der Waals surface area contributed by atoms with Crippen molar-refractivity contribution in [3.05, 3.63) is 0 Å². The van der Waals surface area contributed by atoms with E-state index >= 15 is 0 Å². The van der Waals surface area contributed by atoms with Crippen LogP contribution in [0.25, 0.3) is 0 Å². The van der Waals surface area contributed by atoms with E-state index in [0.717, 1.165) is 0 Å². The second kappa shape index (κ2) is 3.47. The molecule has 1 fully saturated rings. The molecule has 0 N–H and O–H groups in total. The monoisotopic (exact) mass is 170 g/mol. The molecule has 0 radical (unpaired) electrons. The number of carbonyl (C=O) groups is 3. The van der Waals surface area contributed by atoms with Gasteiger partial charge >= 0.3 is 5.97 Å². The van der Waals surface area contributed by atoms with Gasteiger partial charge < -0.3 is 4.74 Å². The van der Waals surface area contributed by atoms with Gasteiger partial charge in [0.2, 0.25) is 11.6 Å². The van der Waals surface area contributed by atoms with Gasteiger partial charge in [-0.1, -0.05) is 6.92 Å². The molecular formula is C8H10O4. The van der Waals surface area contributed by atoms with Crippen LogP contribution >= 0.6 is 0 Å². The van der Waals surface area contributed by atoms with Crippen LogP contribution in [0, 0.1) is 0 Å². The minimum Gasteiger partial charge on any atom is -0.454 e. The molecule has 66 valence electrons. The quantitative estimate of drug-likeness (QED) is 0.449. The molecule has 4 nitrogen and oxygen atoms in total. The molecular weight excluding hydrogens is 160 g/mol. The topological polar surface area (TPSA) is 60.4 Å². The van der Waals surface area contributed by atoms with Crippen molar-refractivity contribution in [1.29, 1.82) is 0 Å². The predicted octanol–water partition coefficient (Wildman–Crippen LogP) is 0.240. The number of carbonyl (C=O) groups excluding carboxylic acids is 3. The lowest BCUT2D eigenvalue weighted by Crippen LogP contribution is -2.27. The summed E-state index contributed by atoms with van der Waals surface area (Å²) in [7, 11) is 0. The molecule has 1 aliphatic rings. The zero-order chi connectivity index (χ0) is 9.14. The standard InChI is InChI=1S/C8H10O4/c1-2-5(9)8(11)6-3-4-7(10)12-6/h6H,2-4H2,1H3. The summed E-state index contributed by atoms with van der Waals surface area (Å²) in [6.45, 7) is 1.61. The highest BCUT2D eigenvalue weighted by molar-refractivity contribution is 6.39. The molecule has 1 saturated heterocycles. The Hall–Kier alpha value is -1.19. The molecule has 0 spiro atoms. The molecule has 0 aromatic carbocycles. The number of hydrogen-bond donors (Lipinski definition) is 0. The lowest BCUT2D eigenvalue weighted by molar-refractivity contribution is -0.150. The van der Waals surface area contributed by atoms with Crippen LogP contribution in [0.3, 0.4) is 0 Å². The molecule has 0 amide bonds. The van der Waals surface area contributed by atoms with Crippen molar-refractivity contribution in [3.8, 4) is 0 Å². The van der Waals surface area contributed by atoms with E-state index in [-0.39, 0.29) is 12.8 Å². The van der Waals surface area contributed by atoms with Crippen molar-refractivity contribution in [2.75, 3.05) is 0 Å². The number of cyclic esters (lactones) is 1. The van der Waals surface area contributed by atoms with E-state index in [9.17, 15) is 14.4 Å². The molecule has 1 heterocycles. The van der Waals surface area contributed by atoms with Gasteiger partial charge in [-0.05, 0) is 0 Å². The van der Waals surface area contributed by atoms with Crippen LogP contribution in [0.15, 0.2) is 0 Å². The van der Waals surface area contributed by atoms with Gasteiger partial charge in [0.15, 0.2) is 6.10 Å². The van der Waals surface area contributed by atoms with Crippen LogP contribution < -0.4 is 0 Å². The van der Waals surface area contributed by atoms with Crippen LogP contribution in [0.1, 0.15) is 26.2 Å². The number of ketones is 2. The molecule has 1 unspecified atom stereocenters. The maximum absolute atomic E-state index is 11.1. The summed E-state index contributed by atoms with van der Waals surface area (Å²) in [6, 6.07) is 0. The van der Waals surface area contributed by atoms with E-state index in [0.29, 0.717) is 6.42 Å². The SMILES string of the molecule is CCC(=O)C(=O)C1CCC(=O)O1. The molecule has 0 aromatic heterocycles. The van der Waals surface area contributed by atoms with E-state index in [2.05, 4.69) is 4.74 Å². The Labute approximate surface area is 69.9 Å². The van der Waals surface area contributed by atoms with E-state index in [1.807, 2.05) is 0 Å². The molecule has 0 bridgehead atoms. The van der Waals surface area contributed by atoms with Gasteiger partial charge in [0.25, 0.3) is 0 Å². The largest absolute Gasteiger partial charge is 0.454 e. The van der Waals surface area contributed by atoms with Crippen LogP contribution in [0.5, 0.6) is 0 Å². The average Bonchev–Trinajstić information content (AvgIpc) is 2.49. The summed E-state index contributed by atoms with van der Waals surface area (Å²) in [5.74, 6) is -1.42. The maximum Gasteiger partial charge on any atom is 0.306 e. The van der Waals surface area contributed by atoms with Crippen molar-refractivity contribution in [2.45, 2.75) is 32.3 Å². The van der Waals surface area contributed by atoms with Gasteiger partial charge in [0, 0.05) is 19.3 Å². The second-order valence-electron chi connectivity index (χ2n) is 2.66. The first-order valence-electron chi connectivity index (χ1n) is 3.91. The Balaban J connectivity index is 2.54. The average molecular weight is 170 g/mol. The highest BCUT2D eigenvalue weighted by Crippen LogP contribution is 2.15. The van der Waals surface area contributed by atoms with E-state index in [1.54, 1.807) is 6.92 Å². The Bertz CT molecular complexity index is 231. The summed E-state index contributed by atoms with van der Waals surface area (Å²) in [4.78, 5) is 32.5. The van der Waals surface area contributed by atoms with Gasteiger partial charge in [-0.25, -0.2) is 0 Å². The van der Waals surface area contributed by atoms with Gasteiger partial charge in [-0.15, -0.1) is 0 Å². The molecule has 0 aromatic rings. The van der Waals surface area contributed by atoms with Crippen LogP contribution in [0.2, 0.25) is 0 Å². The summed E-state index contributed by atoms with van der Waals surface area (Å²) in [5, 5.41) is 0. The third-order valence-electron chi connectivity index (χ3n) is 1.77. The molecule has 0 aliphatic carbocycles. The van der Waals surface area contributed by atoms with Crippen LogP contribution in [0.4, 0.5) is 0 Å². The molecule has 1 aliphatic heterocycles. The first-order chi connectivity index (χ1) is 5.65. The molecule has 12 heavy (non-hydrogen) atoms. The number of ether oxygens (including phenoxy) is 1. The smallest absolute Gasteiger partial charge is 0.306 e. The highest BCUT2D eigenvalue weighted by Gasteiger charge is 2.32. The lowest BCUT2D eigenvalue weighted by Gasteiger charge is -2.04. The zero-order valence-corrected chi connectivity index (χ0v) is 6.83. The predicted molar refractivity (Wildman–Crippen MR) is 39.4 cm³/mol. The first kappa shape index (κ1) is 8.90. The van der Waals surface area contributed by atoms with E-state index < -0.39 is 23.6 Å². The van der Waals surface area contributed by atoms with Gasteiger partial charge in [-0.3, -0.25) is 14.4 Å². The van der Waals surface area contributed by atoms with Gasteiger partial charge in [0.05, 0.1) is 0 Å². The third kappa shape index (κ3) is 1.69. The molecule has 4 heteroatoms. The number of hydrogen-bond acceptors (Lipinski definition) is 4. The summed E-state index contributed by atoms with van der Waals surface area (Å²) >= 11 is 0.